The maximum Gasteiger partial charge on any atom is 0.145 e. The molecule has 0 aromatic carbocycles. The Morgan fingerprint density at radius 2 is 2.11 bits per heavy atom. The first kappa shape index (κ1) is 14.0. The van der Waals surface area contributed by atoms with Crippen LogP contribution in [-0.4, -0.2) is 36.6 Å². The molecule has 18 heavy (non-hydrogen) atoms. The zero-order chi connectivity index (χ0) is 13.5. The maximum absolute atomic E-state index is 9.19. The van der Waals surface area contributed by atoms with Crippen LogP contribution < -0.4 is 4.90 Å². The van der Waals surface area contributed by atoms with E-state index in [2.05, 4.69) is 17.2 Å². The molecule has 0 aliphatic rings. The topological polar surface area (TPSA) is 77.9 Å². The SMILES string of the molecule is COCCN(CCC#N)c1c(C#N)c(C)nn1C. The third-order valence-electron chi connectivity index (χ3n) is 2.66. The fourth-order valence-corrected chi connectivity index (χ4v) is 1.85. The summed E-state index contributed by atoms with van der Waals surface area (Å²) in [5.41, 5.74) is 1.26. The number of hydrogen-bond donors (Lipinski definition) is 0. The Bertz CT molecular complexity index is 480. The van der Waals surface area contributed by atoms with Crippen molar-refractivity contribution in [2.24, 2.45) is 7.05 Å². The number of methoxy groups -OCH3 is 1. The van der Waals surface area contributed by atoms with Crippen LogP contribution in [0.4, 0.5) is 5.82 Å². The second-order valence-electron chi connectivity index (χ2n) is 3.91. The summed E-state index contributed by atoms with van der Waals surface area (Å²) in [5.74, 6) is 0.752. The molecule has 0 atom stereocenters. The Kier molecular flexibility index (Phi) is 5.16. The van der Waals surface area contributed by atoms with Crippen LogP contribution in [0.2, 0.25) is 0 Å². The van der Waals surface area contributed by atoms with Gasteiger partial charge in [-0.3, -0.25) is 4.68 Å². The molecule has 6 heteroatoms. The number of rotatable bonds is 6. The van der Waals surface area contributed by atoms with Gasteiger partial charge < -0.3 is 9.64 Å². The first-order valence-electron chi connectivity index (χ1n) is 5.70. The van der Waals surface area contributed by atoms with Crippen LogP contribution in [0, 0.1) is 29.6 Å². The molecule has 0 unspecified atom stereocenters. The van der Waals surface area contributed by atoms with E-state index in [9.17, 15) is 5.26 Å². The van der Waals surface area contributed by atoms with Gasteiger partial charge in [0.25, 0.3) is 0 Å². The minimum absolute atomic E-state index is 0.402. The van der Waals surface area contributed by atoms with Crippen molar-refractivity contribution in [3.05, 3.63) is 11.3 Å². The van der Waals surface area contributed by atoms with Crippen molar-refractivity contribution in [1.82, 2.24) is 9.78 Å². The lowest BCUT2D eigenvalue weighted by Crippen LogP contribution is -2.30. The van der Waals surface area contributed by atoms with Crippen LogP contribution in [0.5, 0.6) is 0 Å². The first-order chi connectivity index (χ1) is 8.65. The third kappa shape index (κ3) is 2.99. The monoisotopic (exact) mass is 247 g/mol. The number of hydrogen-bond acceptors (Lipinski definition) is 5. The summed E-state index contributed by atoms with van der Waals surface area (Å²) in [6.07, 6.45) is 0.402. The fraction of sp³-hybridized carbons (Fsp3) is 0.583. The van der Waals surface area contributed by atoms with Gasteiger partial charge in [0, 0.05) is 27.2 Å². The predicted octanol–water partition coefficient (Wildman–Crippen LogP) is 0.967. The summed E-state index contributed by atoms with van der Waals surface area (Å²) in [7, 11) is 3.43. The zero-order valence-electron chi connectivity index (χ0n) is 11.0. The van der Waals surface area contributed by atoms with Gasteiger partial charge in [-0.25, -0.2) is 0 Å². The summed E-state index contributed by atoms with van der Waals surface area (Å²) in [4.78, 5) is 1.96. The molecule has 0 radical (unpaired) electrons. The molecule has 0 fully saturated rings. The minimum atomic E-state index is 0.402. The van der Waals surface area contributed by atoms with E-state index >= 15 is 0 Å². The molecule has 0 aliphatic carbocycles. The summed E-state index contributed by atoms with van der Waals surface area (Å²) < 4.78 is 6.74. The summed E-state index contributed by atoms with van der Waals surface area (Å²) >= 11 is 0. The van der Waals surface area contributed by atoms with E-state index in [1.165, 1.54) is 0 Å². The van der Waals surface area contributed by atoms with Gasteiger partial charge in [-0.1, -0.05) is 0 Å². The lowest BCUT2D eigenvalue weighted by Gasteiger charge is -2.23. The minimum Gasteiger partial charge on any atom is -0.383 e. The molecule has 1 heterocycles. The number of nitrogens with zero attached hydrogens (tertiary/aromatic N) is 5. The Balaban J connectivity index is 3.04. The normalized spacial score (nSPS) is 9.83. The van der Waals surface area contributed by atoms with E-state index in [1.54, 1.807) is 25.8 Å². The van der Waals surface area contributed by atoms with Gasteiger partial charge in [-0.15, -0.1) is 0 Å². The van der Waals surface area contributed by atoms with Crippen LogP contribution in [-0.2, 0) is 11.8 Å². The van der Waals surface area contributed by atoms with Crippen LogP contribution in [0.1, 0.15) is 17.7 Å². The van der Waals surface area contributed by atoms with E-state index in [0.717, 1.165) is 5.82 Å². The molecular weight excluding hydrogens is 230 g/mol. The molecule has 1 aromatic heterocycles. The molecule has 0 bridgehead atoms. The highest BCUT2D eigenvalue weighted by Gasteiger charge is 2.18. The largest absolute Gasteiger partial charge is 0.383 e. The third-order valence-corrected chi connectivity index (χ3v) is 2.66. The molecular formula is C12H17N5O. The Hall–Kier alpha value is -2.05. The lowest BCUT2D eigenvalue weighted by molar-refractivity contribution is 0.205. The van der Waals surface area contributed by atoms with Crippen LogP contribution >= 0.6 is 0 Å². The Labute approximate surface area is 107 Å². The predicted molar refractivity (Wildman–Crippen MR) is 67.0 cm³/mol. The second kappa shape index (κ2) is 6.63. The van der Waals surface area contributed by atoms with Crippen molar-refractivity contribution >= 4 is 5.82 Å². The highest BCUT2D eigenvalue weighted by atomic mass is 16.5. The van der Waals surface area contributed by atoms with Crippen LogP contribution in [0.25, 0.3) is 0 Å². The van der Waals surface area contributed by atoms with Gasteiger partial charge in [0.2, 0.25) is 0 Å². The zero-order valence-corrected chi connectivity index (χ0v) is 11.0. The van der Waals surface area contributed by atoms with E-state index in [1.807, 2.05) is 4.90 Å². The summed E-state index contributed by atoms with van der Waals surface area (Å²) in [6, 6.07) is 4.28. The van der Waals surface area contributed by atoms with E-state index < -0.39 is 0 Å². The summed E-state index contributed by atoms with van der Waals surface area (Å²) in [5, 5.41) is 22.1. The van der Waals surface area contributed by atoms with Crippen molar-refractivity contribution in [1.29, 1.82) is 10.5 Å². The van der Waals surface area contributed by atoms with Crippen molar-refractivity contribution in [3.8, 4) is 12.1 Å². The Morgan fingerprint density at radius 1 is 1.39 bits per heavy atom. The smallest absolute Gasteiger partial charge is 0.145 e. The van der Waals surface area contributed by atoms with Gasteiger partial charge in [0.1, 0.15) is 17.5 Å². The molecule has 1 aromatic rings. The molecule has 6 nitrogen and oxygen atoms in total. The fourth-order valence-electron chi connectivity index (χ4n) is 1.85. The number of aryl methyl sites for hydroxylation is 2. The summed E-state index contributed by atoms with van der Waals surface area (Å²) in [6.45, 7) is 3.54. The quantitative estimate of drug-likeness (QED) is 0.748. The van der Waals surface area contributed by atoms with Gasteiger partial charge in [0.15, 0.2) is 0 Å². The van der Waals surface area contributed by atoms with Gasteiger partial charge >= 0.3 is 0 Å². The van der Waals surface area contributed by atoms with Crippen molar-refractivity contribution in [3.63, 3.8) is 0 Å². The van der Waals surface area contributed by atoms with E-state index in [-0.39, 0.29) is 0 Å². The van der Waals surface area contributed by atoms with Crippen LogP contribution in [0.3, 0.4) is 0 Å². The molecule has 0 saturated carbocycles. The Morgan fingerprint density at radius 3 is 2.67 bits per heavy atom. The molecule has 0 saturated heterocycles. The lowest BCUT2D eigenvalue weighted by atomic mass is 10.2. The number of ether oxygens (including phenoxy) is 1. The van der Waals surface area contributed by atoms with Gasteiger partial charge in [0.05, 0.1) is 24.8 Å². The van der Waals surface area contributed by atoms with Crippen molar-refractivity contribution in [2.75, 3.05) is 31.7 Å². The number of anilines is 1. The standard InChI is InChI=1S/C12H17N5O/c1-10-11(9-14)12(16(2)15-10)17(6-4-5-13)7-8-18-3/h4,6-8H2,1-3H3. The van der Waals surface area contributed by atoms with Gasteiger partial charge in [-0.2, -0.15) is 15.6 Å². The highest BCUT2D eigenvalue weighted by molar-refractivity contribution is 5.57. The van der Waals surface area contributed by atoms with E-state index in [4.69, 9.17) is 10.00 Å². The maximum atomic E-state index is 9.19. The molecule has 96 valence electrons. The average Bonchev–Trinajstić information content (AvgIpc) is 2.64. The van der Waals surface area contributed by atoms with Crippen molar-refractivity contribution < 1.29 is 4.74 Å². The number of nitriles is 2. The van der Waals surface area contributed by atoms with Crippen LogP contribution in [0.15, 0.2) is 0 Å². The average molecular weight is 247 g/mol. The van der Waals surface area contributed by atoms with E-state index in [0.29, 0.717) is 37.4 Å². The second-order valence-corrected chi connectivity index (χ2v) is 3.91. The molecule has 0 spiro atoms. The molecule has 0 N–H and O–H groups in total. The highest BCUT2D eigenvalue weighted by Crippen LogP contribution is 2.22. The van der Waals surface area contributed by atoms with Crippen molar-refractivity contribution in [2.45, 2.75) is 13.3 Å². The molecule has 1 rings (SSSR count). The molecule has 0 aliphatic heterocycles. The number of aromatic nitrogens is 2. The first-order valence-corrected chi connectivity index (χ1v) is 5.70. The molecule has 0 amide bonds. The van der Waals surface area contributed by atoms with Gasteiger partial charge in [-0.05, 0) is 6.92 Å².